The summed E-state index contributed by atoms with van der Waals surface area (Å²) < 4.78 is 4.95. The van der Waals surface area contributed by atoms with Crippen molar-refractivity contribution in [1.82, 2.24) is 4.90 Å². The second-order valence-electron chi connectivity index (χ2n) is 4.59. The summed E-state index contributed by atoms with van der Waals surface area (Å²) >= 11 is 0. The van der Waals surface area contributed by atoms with Gasteiger partial charge in [-0.15, -0.1) is 0 Å². The van der Waals surface area contributed by atoms with Gasteiger partial charge in [0.15, 0.2) is 6.61 Å². The number of carbonyl (C=O) groups excluding carboxylic acids is 3. The Morgan fingerprint density at radius 2 is 1.95 bits per heavy atom. The molecule has 20 heavy (non-hydrogen) atoms. The number of carbonyl (C=O) groups is 3. The minimum absolute atomic E-state index is 0.377. The predicted molar refractivity (Wildman–Crippen MR) is 70.7 cm³/mol. The van der Waals surface area contributed by atoms with Crippen LogP contribution in [-0.2, 0) is 14.3 Å². The third-order valence-corrected chi connectivity index (χ3v) is 3.24. The van der Waals surface area contributed by atoms with Crippen LogP contribution in [0.25, 0.3) is 0 Å². The quantitative estimate of drug-likeness (QED) is 0.802. The van der Waals surface area contributed by atoms with Gasteiger partial charge in [-0.05, 0) is 25.0 Å². The number of nitrogens with two attached hydrogens (primary N) is 1. The second-order valence-corrected chi connectivity index (χ2v) is 4.59. The molecular formula is C14H16N2O4. The Morgan fingerprint density at radius 3 is 2.60 bits per heavy atom. The van der Waals surface area contributed by atoms with Gasteiger partial charge in [-0.2, -0.15) is 0 Å². The highest BCUT2D eigenvalue weighted by Gasteiger charge is 2.32. The van der Waals surface area contributed by atoms with Crippen molar-refractivity contribution in [2.75, 3.05) is 13.2 Å². The summed E-state index contributed by atoms with van der Waals surface area (Å²) in [5.41, 5.74) is 5.61. The molecule has 6 heteroatoms. The molecule has 0 aliphatic carbocycles. The third kappa shape index (κ3) is 3.14. The molecule has 0 bridgehead atoms. The number of hydrogen-bond acceptors (Lipinski definition) is 4. The first-order valence-corrected chi connectivity index (χ1v) is 6.40. The summed E-state index contributed by atoms with van der Waals surface area (Å²) in [5.74, 6) is -1.48. The number of ether oxygens (including phenoxy) is 1. The highest BCUT2D eigenvalue weighted by Crippen LogP contribution is 2.17. The third-order valence-electron chi connectivity index (χ3n) is 3.24. The fourth-order valence-corrected chi connectivity index (χ4v) is 2.23. The molecular weight excluding hydrogens is 260 g/mol. The van der Waals surface area contributed by atoms with E-state index in [1.165, 1.54) is 4.90 Å². The van der Waals surface area contributed by atoms with E-state index in [1.807, 2.05) is 0 Å². The van der Waals surface area contributed by atoms with E-state index in [9.17, 15) is 14.4 Å². The normalized spacial score (nSPS) is 17.8. The van der Waals surface area contributed by atoms with Crippen LogP contribution in [0.2, 0.25) is 0 Å². The number of likely N-dealkylation sites (tertiary alicyclic amines) is 1. The van der Waals surface area contributed by atoms with Gasteiger partial charge >= 0.3 is 5.97 Å². The van der Waals surface area contributed by atoms with Crippen LogP contribution in [0.4, 0.5) is 0 Å². The van der Waals surface area contributed by atoms with Crippen molar-refractivity contribution in [3.05, 3.63) is 35.9 Å². The number of hydrogen-bond donors (Lipinski definition) is 1. The molecule has 1 aromatic rings. The lowest BCUT2D eigenvalue weighted by molar-refractivity contribution is -0.139. The fraction of sp³-hybridized carbons (Fsp3) is 0.357. The predicted octanol–water partition coefficient (Wildman–Crippen LogP) is 0.320. The maximum absolute atomic E-state index is 11.9. The molecule has 1 heterocycles. The van der Waals surface area contributed by atoms with Gasteiger partial charge in [0.05, 0.1) is 5.56 Å². The van der Waals surface area contributed by atoms with E-state index < -0.39 is 23.8 Å². The standard InChI is InChI=1S/C14H16N2O4/c15-13(18)11-7-4-8-16(11)12(17)9-20-14(19)10-5-2-1-3-6-10/h1-3,5-6,11H,4,7-9H2,(H2,15,18). The molecule has 1 unspecified atom stereocenters. The van der Waals surface area contributed by atoms with Gasteiger partial charge in [-0.25, -0.2) is 4.79 Å². The van der Waals surface area contributed by atoms with E-state index in [0.29, 0.717) is 18.5 Å². The van der Waals surface area contributed by atoms with Crippen LogP contribution >= 0.6 is 0 Å². The molecule has 1 aliphatic heterocycles. The average Bonchev–Trinajstić information content (AvgIpc) is 2.95. The Labute approximate surface area is 116 Å². The van der Waals surface area contributed by atoms with Crippen LogP contribution in [0.5, 0.6) is 0 Å². The largest absolute Gasteiger partial charge is 0.452 e. The van der Waals surface area contributed by atoms with Crippen LogP contribution in [0.3, 0.4) is 0 Å². The van der Waals surface area contributed by atoms with Gasteiger partial charge in [0, 0.05) is 6.54 Å². The maximum atomic E-state index is 11.9. The molecule has 6 nitrogen and oxygen atoms in total. The molecule has 106 valence electrons. The van der Waals surface area contributed by atoms with Crippen LogP contribution in [-0.4, -0.2) is 41.9 Å². The summed E-state index contributed by atoms with van der Waals surface area (Å²) in [6, 6.07) is 7.83. The zero-order chi connectivity index (χ0) is 14.5. The topological polar surface area (TPSA) is 89.7 Å². The molecule has 1 fully saturated rings. The smallest absolute Gasteiger partial charge is 0.338 e. The van der Waals surface area contributed by atoms with Crippen molar-refractivity contribution >= 4 is 17.8 Å². The number of benzene rings is 1. The van der Waals surface area contributed by atoms with Crippen LogP contribution < -0.4 is 5.73 Å². The molecule has 1 saturated heterocycles. The molecule has 0 spiro atoms. The molecule has 2 rings (SSSR count). The zero-order valence-corrected chi connectivity index (χ0v) is 11.0. The van der Waals surface area contributed by atoms with Gasteiger partial charge in [0.25, 0.3) is 5.91 Å². The number of primary amides is 1. The van der Waals surface area contributed by atoms with E-state index in [-0.39, 0.29) is 6.61 Å². The summed E-state index contributed by atoms with van der Waals surface area (Å²) in [6.07, 6.45) is 1.29. The molecule has 1 atom stereocenters. The molecule has 0 radical (unpaired) electrons. The van der Waals surface area contributed by atoms with Crippen molar-refractivity contribution in [1.29, 1.82) is 0 Å². The lowest BCUT2D eigenvalue weighted by Gasteiger charge is -2.21. The highest BCUT2D eigenvalue weighted by molar-refractivity contribution is 5.92. The number of nitrogens with zero attached hydrogens (tertiary/aromatic N) is 1. The average molecular weight is 276 g/mol. The summed E-state index contributed by atoms with van der Waals surface area (Å²) in [6.45, 7) is 0.0901. The summed E-state index contributed by atoms with van der Waals surface area (Å²) in [7, 11) is 0. The Morgan fingerprint density at radius 1 is 1.25 bits per heavy atom. The van der Waals surface area contributed by atoms with Crippen molar-refractivity contribution in [3.63, 3.8) is 0 Å². The van der Waals surface area contributed by atoms with E-state index in [2.05, 4.69) is 0 Å². The van der Waals surface area contributed by atoms with Gasteiger partial charge < -0.3 is 15.4 Å². The van der Waals surface area contributed by atoms with Crippen molar-refractivity contribution in [3.8, 4) is 0 Å². The molecule has 0 aromatic heterocycles. The first kappa shape index (κ1) is 14.0. The lowest BCUT2D eigenvalue weighted by atomic mass is 10.2. The van der Waals surface area contributed by atoms with Crippen LogP contribution in [0, 0.1) is 0 Å². The first-order valence-electron chi connectivity index (χ1n) is 6.40. The van der Waals surface area contributed by atoms with Gasteiger partial charge in [0.2, 0.25) is 5.91 Å². The van der Waals surface area contributed by atoms with Crippen molar-refractivity contribution < 1.29 is 19.1 Å². The Balaban J connectivity index is 1.89. The molecule has 2 N–H and O–H groups in total. The van der Waals surface area contributed by atoms with Crippen LogP contribution in [0.15, 0.2) is 30.3 Å². The van der Waals surface area contributed by atoms with Crippen LogP contribution in [0.1, 0.15) is 23.2 Å². The fourth-order valence-electron chi connectivity index (χ4n) is 2.23. The number of rotatable bonds is 4. The van der Waals surface area contributed by atoms with Gasteiger partial charge in [-0.3, -0.25) is 9.59 Å². The highest BCUT2D eigenvalue weighted by atomic mass is 16.5. The van der Waals surface area contributed by atoms with E-state index in [4.69, 9.17) is 10.5 Å². The summed E-state index contributed by atoms with van der Waals surface area (Å²) in [5, 5.41) is 0. The number of esters is 1. The molecule has 0 saturated carbocycles. The SMILES string of the molecule is NC(=O)C1CCCN1C(=O)COC(=O)c1ccccc1. The summed E-state index contributed by atoms with van der Waals surface area (Å²) in [4.78, 5) is 36.2. The van der Waals surface area contributed by atoms with Gasteiger partial charge in [0.1, 0.15) is 6.04 Å². The van der Waals surface area contributed by atoms with E-state index >= 15 is 0 Å². The minimum atomic E-state index is -0.585. The van der Waals surface area contributed by atoms with E-state index in [0.717, 1.165) is 6.42 Å². The molecule has 1 aliphatic rings. The lowest BCUT2D eigenvalue weighted by Crippen LogP contribution is -2.45. The Bertz CT molecular complexity index is 515. The van der Waals surface area contributed by atoms with Gasteiger partial charge in [-0.1, -0.05) is 18.2 Å². The first-order chi connectivity index (χ1) is 9.59. The number of amides is 2. The van der Waals surface area contributed by atoms with E-state index in [1.54, 1.807) is 30.3 Å². The van der Waals surface area contributed by atoms with Crippen molar-refractivity contribution in [2.24, 2.45) is 5.73 Å². The minimum Gasteiger partial charge on any atom is -0.452 e. The monoisotopic (exact) mass is 276 g/mol. The molecule has 2 amide bonds. The van der Waals surface area contributed by atoms with Crippen molar-refractivity contribution in [2.45, 2.75) is 18.9 Å². The maximum Gasteiger partial charge on any atom is 0.338 e. The Hall–Kier alpha value is -2.37. The second kappa shape index (κ2) is 6.18. The molecule has 1 aromatic carbocycles. The Kier molecular flexibility index (Phi) is 4.34. The zero-order valence-electron chi connectivity index (χ0n) is 11.0.